The van der Waals surface area contributed by atoms with Gasteiger partial charge in [0.1, 0.15) is 5.76 Å². The molecule has 2 aromatic heterocycles. The lowest BCUT2D eigenvalue weighted by atomic mass is 9.84. The number of nitrogens with zero attached hydrogens (tertiary/aromatic N) is 2. The summed E-state index contributed by atoms with van der Waals surface area (Å²) in [5.41, 5.74) is 4.41. The molecule has 0 amide bonds. The lowest BCUT2D eigenvalue weighted by molar-refractivity contribution is 0.0958. The van der Waals surface area contributed by atoms with Crippen LogP contribution in [-0.4, -0.2) is 15.8 Å². The first-order chi connectivity index (χ1) is 12.6. The summed E-state index contributed by atoms with van der Waals surface area (Å²) in [5.74, 6) is 1.49. The minimum Gasteiger partial charge on any atom is -0.469 e. The number of hydrogen-bond acceptors (Lipinski definition) is 5. The Morgan fingerprint density at radius 2 is 1.96 bits per heavy atom. The minimum atomic E-state index is 0.0380. The third-order valence-corrected chi connectivity index (χ3v) is 4.88. The Kier molecular flexibility index (Phi) is 4.29. The smallest absolute Gasteiger partial charge is 0.227 e. The van der Waals surface area contributed by atoms with Gasteiger partial charge in [0.2, 0.25) is 5.95 Å². The first kappa shape index (κ1) is 16.5. The fourth-order valence-corrected chi connectivity index (χ4v) is 3.51. The molecule has 4 rings (SSSR count). The molecule has 1 aliphatic rings. The maximum Gasteiger partial charge on any atom is 0.227 e. The number of furan rings is 1. The second-order valence-electron chi connectivity index (χ2n) is 6.67. The van der Waals surface area contributed by atoms with E-state index >= 15 is 0 Å². The zero-order valence-corrected chi connectivity index (χ0v) is 15.0. The highest BCUT2D eigenvalue weighted by Crippen LogP contribution is 2.33. The zero-order valence-electron chi connectivity index (χ0n) is 15.0. The SMILES string of the molecule is CCc1ccc(Nc2nc(C)c3c(n2)C[C@@H](c2ccco2)CC3=O)cc1. The molecule has 0 aliphatic heterocycles. The van der Waals surface area contributed by atoms with Crippen LogP contribution < -0.4 is 5.32 Å². The van der Waals surface area contributed by atoms with Crippen LogP contribution in [0, 0.1) is 6.92 Å². The van der Waals surface area contributed by atoms with Crippen molar-refractivity contribution in [3.8, 4) is 0 Å². The molecule has 1 aromatic carbocycles. The van der Waals surface area contributed by atoms with Crippen LogP contribution in [0.15, 0.2) is 47.1 Å². The number of fused-ring (bicyclic) bond motifs is 1. The zero-order chi connectivity index (χ0) is 18.1. The van der Waals surface area contributed by atoms with Gasteiger partial charge >= 0.3 is 0 Å². The molecule has 0 saturated heterocycles. The molecule has 0 radical (unpaired) electrons. The topological polar surface area (TPSA) is 68.0 Å². The van der Waals surface area contributed by atoms with E-state index in [1.165, 1.54) is 5.56 Å². The van der Waals surface area contributed by atoms with Gasteiger partial charge in [-0.25, -0.2) is 9.97 Å². The van der Waals surface area contributed by atoms with Crippen molar-refractivity contribution in [2.24, 2.45) is 0 Å². The lowest BCUT2D eigenvalue weighted by Crippen LogP contribution is -2.22. The number of aromatic nitrogens is 2. The van der Waals surface area contributed by atoms with Crippen molar-refractivity contribution >= 4 is 17.4 Å². The van der Waals surface area contributed by atoms with Gasteiger partial charge in [-0.1, -0.05) is 19.1 Å². The van der Waals surface area contributed by atoms with Gasteiger partial charge in [-0.2, -0.15) is 0 Å². The third-order valence-electron chi connectivity index (χ3n) is 4.88. The van der Waals surface area contributed by atoms with E-state index < -0.39 is 0 Å². The monoisotopic (exact) mass is 347 g/mol. The molecular weight excluding hydrogens is 326 g/mol. The van der Waals surface area contributed by atoms with Crippen LogP contribution >= 0.6 is 0 Å². The Morgan fingerprint density at radius 3 is 2.65 bits per heavy atom. The van der Waals surface area contributed by atoms with Crippen LogP contribution in [0.1, 0.15) is 52.3 Å². The number of Topliss-reactive ketones (excluding diaryl/α,β-unsaturated/α-hetero) is 1. The quantitative estimate of drug-likeness (QED) is 0.747. The van der Waals surface area contributed by atoms with Gasteiger partial charge in [0.15, 0.2) is 5.78 Å². The number of nitrogens with one attached hydrogen (secondary N) is 1. The fraction of sp³-hybridized carbons (Fsp3) is 0.286. The number of hydrogen-bond donors (Lipinski definition) is 1. The van der Waals surface area contributed by atoms with Gasteiger partial charge in [-0.3, -0.25) is 4.79 Å². The highest BCUT2D eigenvalue weighted by Gasteiger charge is 2.31. The fourth-order valence-electron chi connectivity index (χ4n) is 3.51. The van der Waals surface area contributed by atoms with Crippen molar-refractivity contribution in [1.29, 1.82) is 0 Å². The summed E-state index contributed by atoms with van der Waals surface area (Å²) in [4.78, 5) is 21.7. The third kappa shape index (κ3) is 3.12. The van der Waals surface area contributed by atoms with Gasteiger partial charge < -0.3 is 9.73 Å². The number of carbonyl (C=O) groups excluding carboxylic acids is 1. The van der Waals surface area contributed by atoms with Gasteiger partial charge in [0, 0.05) is 24.4 Å². The normalized spacial score (nSPS) is 16.4. The van der Waals surface area contributed by atoms with Crippen LogP contribution in [0.25, 0.3) is 0 Å². The Hall–Kier alpha value is -2.95. The van der Waals surface area contributed by atoms with E-state index in [1.807, 2.05) is 31.2 Å². The van der Waals surface area contributed by atoms with Gasteiger partial charge in [0.25, 0.3) is 0 Å². The van der Waals surface area contributed by atoms with E-state index in [9.17, 15) is 4.79 Å². The molecule has 5 nitrogen and oxygen atoms in total. The highest BCUT2D eigenvalue weighted by molar-refractivity contribution is 5.99. The lowest BCUT2D eigenvalue weighted by Gasteiger charge is -2.23. The summed E-state index contributed by atoms with van der Waals surface area (Å²) in [6.07, 6.45) is 3.77. The van der Waals surface area contributed by atoms with Crippen molar-refractivity contribution in [3.63, 3.8) is 0 Å². The summed E-state index contributed by atoms with van der Waals surface area (Å²) in [7, 11) is 0. The second-order valence-corrected chi connectivity index (χ2v) is 6.67. The Bertz CT molecular complexity index is 931. The molecular formula is C21H21N3O2. The maximum absolute atomic E-state index is 12.6. The largest absolute Gasteiger partial charge is 0.469 e. The average molecular weight is 347 g/mol. The first-order valence-corrected chi connectivity index (χ1v) is 8.94. The molecule has 132 valence electrons. The maximum atomic E-state index is 12.6. The van der Waals surface area contributed by atoms with Crippen LogP contribution in [0.4, 0.5) is 11.6 Å². The molecule has 0 saturated carbocycles. The number of ketones is 1. The molecule has 2 heterocycles. The van der Waals surface area contributed by atoms with E-state index in [2.05, 4.69) is 34.3 Å². The molecule has 0 fully saturated rings. The van der Waals surface area contributed by atoms with Crippen molar-refractivity contribution in [2.45, 2.75) is 39.0 Å². The number of rotatable bonds is 4. The molecule has 0 spiro atoms. The number of anilines is 2. The molecule has 0 bridgehead atoms. The summed E-state index contributed by atoms with van der Waals surface area (Å²) in [6.45, 7) is 4.00. The number of aryl methyl sites for hydroxylation is 2. The van der Waals surface area contributed by atoms with Crippen LogP contribution in [0.5, 0.6) is 0 Å². The predicted octanol–water partition coefficient (Wildman–Crippen LogP) is 4.60. The summed E-state index contributed by atoms with van der Waals surface area (Å²) in [5, 5.41) is 3.25. The molecule has 3 aromatic rings. The molecule has 26 heavy (non-hydrogen) atoms. The van der Waals surface area contributed by atoms with Gasteiger partial charge in [0.05, 0.1) is 23.2 Å². The van der Waals surface area contributed by atoms with Gasteiger partial charge in [-0.15, -0.1) is 0 Å². The van der Waals surface area contributed by atoms with E-state index in [0.29, 0.717) is 24.4 Å². The van der Waals surface area contributed by atoms with E-state index in [0.717, 1.165) is 29.3 Å². The standard InChI is InChI=1S/C21H21N3O2/c1-3-14-6-8-16(9-7-14)23-21-22-13(2)20-17(24-21)11-15(12-18(20)25)19-5-4-10-26-19/h4-10,15H,3,11-12H2,1-2H3,(H,22,23,24)/t15-/m1/s1. The van der Waals surface area contributed by atoms with Crippen molar-refractivity contribution in [3.05, 3.63) is 70.9 Å². The summed E-state index contributed by atoms with van der Waals surface area (Å²) >= 11 is 0. The number of carbonyl (C=O) groups is 1. The van der Waals surface area contributed by atoms with Crippen molar-refractivity contribution < 1.29 is 9.21 Å². The van der Waals surface area contributed by atoms with Crippen LogP contribution in [-0.2, 0) is 12.8 Å². The molecule has 5 heteroatoms. The van der Waals surface area contributed by atoms with Crippen molar-refractivity contribution in [1.82, 2.24) is 9.97 Å². The Balaban J connectivity index is 1.63. The van der Waals surface area contributed by atoms with Crippen LogP contribution in [0.2, 0.25) is 0 Å². The minimum absolute atomic E-state index is 0.0380. The van der Waals surface area contributed by atoms with E-state index in [4.69, 9.17) is 4.42 Å². The molecule has 1 atom stereocenters. The number of benzene rings is 1. The summed E-state index contributed by atoms with van der Waals surface area (Å²) < 4.78 is 5.50. The Labute approximate surface area is 152 Å². The van der Waals surface area contributed by atoms with E-state index in [-0.39, 0.29) is 11.7 Å². The van der Waals surface area contributed by atoms with Crippen LogP contribution in [0.3, 0.4) is 0 Å². The summed E-state index contributed by atoms with van der Waals surface area (Å²) in [6, 6.07) is 12.0. The predicted molar refractivity (Wildman–Crippen MR) is 100.0 cm³/mol. The van der Waals surface area contributed by atoms with Gasteiger partial charge in [-0.05, 0) is 43.2 Å². The molecule has 1 N–H and O–H groups in total. The molecule has 1 aliphatic carbocycles. The average Bonchev–Trinajstić information content (AvgIpc) is 3.16. The van der Waals surface area contributed by atoms with Crippen molar-refractivity contribution in [2.75, 3.05) is 5.32 Å². The first-order valence-electron chi connectivity index (χ1n) is 8.94. The Morgan fingerprint density at radius 1 is 1.15 bits per heavy atom. The molecule has 0 unspecified atom stereocenters. The second kappa shape index (κ2) is 6.75. The highest BCUT2D eigenvalue weighted by atomic mass is 16.3. The van der Waals surface area contributed by atoms with E-state index in [1.54, 1.807) is 6.26 Å².